The van der Waals surface area contributed by atoms with Crippen molar-refractivity contribution in [2.45, 2.75) is 20.3 Å². The molecule has 19 heavy (non-hydrogen) atoms. The molecule has 0 aliphatic heterocycles. The quantitative estimate of drug-likeness (QED) is 0.832. The maximum absolute atomic E-state index is 12.4. The van der Waals surface area contributed by atoms with E-state index in [1.165, 1.54) is 5.56 Å². The summed E-state index contributed by atoms with van der Waals surface area (Å²) in [5.41, 5.74) is 2.88. The van der Waals surface area contributed by atoms with Gasteiger partial charge in [0.15, 0.2) is 0 Å². The Morgan fingerprint density at radius 3 is 2.79 bits per heavy atom. The van der Waals surface area contributed by atoms with E-state index in [-0.39, 0.29) is 5.91 Å². The summed E-state index contributed by atoms with van der Waals surface area (Å²) in [4.78, 5) is 14.2. The smallest absolute Gasteiger partial charge is 0.255 e. The lowest BCUT2D eigenvalue weighted by Crippen LogP contribution is -2.29. The molecule has 0 bridgehead atoms. The number of nitrogens with zero attached hydrogens (tertiary/aromatic N) is 1. The maximum atomic E-state index is 12.4. The highest BCUT2D eigenvalue weighted by molar-refractivity contribution is 7.98. The van der Waals surface area contributed by atoms with Gasteiger partial charge in [0.05, 0.1) is 5.56 Å². The summed E-state index contributed by atoms with van der Waals surface area (Å²) >= 11 is 1.75. The van der Waals surface area contributed by atoms with Crippen LogP contribution in [0.2, 0.25) is 0 Å². The molecule has 0 saturated heterocycles. The SMILES string of the molecule is CCCNc1cc(C)ccc1C(=O)N(C)CCSC. The van der Waals surface area contributed by atoms with Crippen LogP contribution in [0.1, 0.15) is 29.3 Å². The number of thioether (sulfide) groups is 1. The van der Waals surface area contributed by atoms with Crippen molar-refractivity contribution in [2.24, 2.45) is 0 Å². The van der Waals surface area contributed by atoms with Gasteiger partial charge in [0.1, 0.15) is 0 Å². The molecule has 0 unspecified atom stereocenters. The molecule has 106 valence electrons. The highest BCUT2D eigenvalue weighted by Crippen LogP contribution is 2.19. The zero-order valence-corrected chi connectivity index (χ0v) is 13.1. The predicted octanol–water partition coefficient (Wildman–Crippen LogP) is 3.25. The van der Waals surface area contributed by atoms with Crippen LogP contribution in [0.25, 0.3) is 0 Å². The van der Waals surface area contributed by atoms with Gasteiger partial charge in [-0.25, -0.2) is 0 Å². The molecule has 1 rings (SSSR count). The van der Waals surface area contributed by atoms with E-state index >= 15 is 0 Å². The predicted molar refractivity (Wildman–Crippen MR) is 85.3 cm³/mol. The van der Waals surface area contributed by atoms with Gasteiger partial charge in [-0.3, -0.25) is 4.79 Å². The lowest BCUT2D eigenvalue weighted by molar-refractivity contribution is 0.0804. The van der Waals surface area contributed by atoms with Crippen molar-refractivity contribution in [1.82, 2.24) is 4.90 Å². The molecule has 0 heterocycles. The van der Waals surface area contributed by atoms with E-state index in [1.807, 2.05) is 32.2 Å². The van der Waals surface area contributed by atoms with Gasteiger partial charge in [0.2, 0.25) is 0 Å². The standard InChI is InChI=1S/C15H24N2OS/c1-5-8-16-14-11-12(2)6-7-13(14)15(18)17(3)9-10-19-4/h6-7,11,16H,5,8-10H2,1-4H3. The highest BCUT2D eigenvalue weighted by Gasteiger charge is 2.15. The molecule has 0 atom stereocenters. The molecule has 1 N–H and O–H groups in total. The number of aryl methyl sites for hydroxylation is 1. The van der Waals surface area contributed by atoms with Gasteiger partial charge in [-0.2, -0.15) is 11.8 Å². The summed E-state index contributed by atoms with van der Waals surface area (Å²) < 4.78 is 0. The number of benzene rings is 1. The number of rotatable bonds is 7. The molecule has 0 saturated carbocycles. The molecule has 0 aliphatic rings. The second-order valence-electron chi connectivity index (χ2n) is 4.70. The first-order valence-electron chi connectivity index (χ1n) is 6.69. The van der Waals surface area contributed by atoms with Crippen LogP contribution in [-0.4, -0.2) is 43.0 Å². The maximum Gasteiger partial charge on any atom is 0.255 e. The van der Waals surface area contributed by atoms with Gasteiger partial charge in [-0.1, -0.05) is 13.0 Å². The molecular formula is C15H24N2OS. The average molecular weight is 280 g/mol. The molecule has 1 amide bonds. The van der Waals surface area contributed by atoms with E-state index in [9.17, 15) is 4.79 Å². The third-order valence-corrected chi connectivity index (χ3v) is 3.54. The zero-order valence-electron chi connectivity index (χ0n) is 12.3. The van der Waals surface area contributed by atoms with E-state index in [0.717, 1.165) is 36.5 Å². The second-order valence-corrected chi connectivity index (χ2v) is 5.68. The molecule has 0 aliphatic carbocycles. The number of nitrogens with one attached hydrogen (secondary N) is 1. The fraction of sp³-hybridized carbons (Fsp3) is 0.533. The first-order chi connectivity index (χ1) is 9.10. The minimum Gasteiger partial charge on any atom is -0.384 e. The van der Waals surface area contributed by atoms with Gasteiger partial charge < -0.3 is 10.2 Å². The van der Waals surface area contributed by atoms with E-state index in [0.29, 0.717) is 0 Å². The van der Waals surface area contributed by atoms with Crippen molar-refractivity contribution in [3.05, 3.63) is 29.3 Å². The Bertz CT molecular complexity index is 421. The van der Waals surface area contributed by atoms with Crippen LogP contribution in [0.3, 0.4) is 0 Å². The van der Waals surface area contributed by atoms with E-state index in [2.05, 4.69) is 18.5 Å². The fourth-order valence-electron chi connectivity index (χ4n) is 1.79. The summed E-state index contributed by atoms with van der Waals surface area (Å²) in [6, 6.07) is 5.96. The Morgan fingerprint density at radius 2 is 2.16 bits per heavy atom. The van der Waals surface area contributed by atoms with Gasteiger partial charge in [0, 0.05) is 31.6 Å². The van der Waals surface area contributed by atoms with Crippen LogP contribution in [0.15, 0.2) is 18.2 Å². The molecule has 0 spiro atoms. The van der Waals surface area contributed by atoms with Crippen LogP contribution in [0.5, 0.6) is 0 Å². The number of hydrogen-bond acceptors (Lipinski definition) is 3. The summed E-state index contributed by atoms with van der Waals surface area (Å²) in [5.74, 6) is 1.05. The highest BCUT2D eigenvalue weighted by atomic mass is 32.2. The monoisotopic (exact) mass is 280 g/mol. The minimum atomic E-state index is 0.0904. The van der Waals surface area contributed by atoms with E-state index < -0.39 is 0 Å². The fourth-order valence-corrected chi connectivity index (χ4v) is 2.24. The molecule has 0 radical (unpaired) electrons. The molecule has 0 fully saturated rings. The van der Waals surface area contributed by atoms with Crippen LogP contribution < -0.4 is 5.32 Å². The van der Waals surface area contributed by atoms with Crippen molar-refractivity contribution in [3.8, 4) is 0 Å². The Hall–Kier alpha value is -1.16. The van der Waals surface area contributed by atoms with Crippen LogP contribution in [0.4, 0.5) is 5.69 Å². The van der Waals surface area contributed by atoms with Crippen molar-refractivity contribution in [3.63, 3.8) is 0 Å². The van der Waals surface area contributed by atoms with Crippen LogP contribution in [-0.2, 0) is 0 Å². The second kappa shape index (κ2) is 8.10. The number of carbonyl (C=O) groups excluding carboxylic acids is 1. The van der Waals surface area contributed by atoms with E-state index in [4.69, 9.17) is 0 Å². The normalized spacial score (nSPS) is 10.3. The number of hydrogen-bond donors (Lipinski definition) is 1. The Kier molecular flexibility index (Phi) is 6.78. The van der Waals surface area contributed by atoms with Gasteiger partial charge in [0.25, 0.3) is 5.91 Å². The molecule has 0 aromatic heterocycles. The number of amides is 1. The van der Waals surface area contributed by atoms with Crippen molar-refractivity contribution >= 4 is 23.4 Å². The third kappa shape index (κ3) is 4.78. The summed E-state index contributed by atoms with van der Waals surface area (Å²) in [5, 5.41) is 3.34. The lowest BCUT2D eigenvalue weighted by Gasteiger charge is -2.19. The molecule has 1 aromatic rings. The number of carbonyl (C=O) groups is 1. The molecule has 3 nitrogen and oxygen atoms in total. The first-order valence-corrected chi connectivity index (χ1v) is 8.08. The Balaban J connectivity index is 2.88. The third-order valence-electron chi connectivity index (χ3n) is 2.95. The topological polar surface area (TPSA) is 32.3 Å². The Morgan fingerprint density at radius 1 is 1.42 bits per heavy atom. The van der Waals surface area contributed by atoms with Crippen molar-refractivity contribution in [1.29, 1.82) is 0 Å². The average Bonchev–Trinajstić information content (AvgIpc) is 2.41. The van der Waals surface area contributed by atoms with Gasteiger partial charge in [-0.05, 0) is 37.3 Å². The largest absolute Gasteiger partial charge is 0.384 e. The summed E-state index contributed by atoms with van der Waals surface area (Å²) in [7, 11) is 1.86. The van der Waals surface area contributed by atoms with Gasteiger partial charge >= 0.3 is 0 Å². The zero-order chi connectivity index (χ0) is 14.3. The summed E-state index contributed by atoms with van der Waals surface area (Å²) in [6.45, 7) is 5.83. The lowest BCUT2D eigenvalue weighted by atomic mass is 10.1. The number of anilines is 1. The van der Waals surface area contributed by atoms with Crippen LogP contribution in [0, 0.1) is 6.92 Å². The van der Waals surface area contributed by atoms with Crippen LogP contribution >= 0.6 is 11.8 Å². The molecule has 4 heteroatoms. The Labute approximate surface area is 120 Å². The molecular weight excluding hydrogens is 256 g/mol. The van der Waals surface area contributed by atoms with Crippen molar-refractivity contribution < 1.29 is 4.79 Å². The molecule has 1 aromatic carbocycles. The first kappa shape index (κ1) is 15.9. The van der Waals surface area contributed by atoms with E-state index in [1.54, 1.807) is 16.7 Å². The summed E-state index contributed by atoms with van der Waals surface area (Å²) in [6.07, 6.45) is 3.10. The van der Waals surface area contributed by atoms with Gasteiger partial charge in [-0.15, -0.1) is 0 Å². The minimum absolute atomic E-state index is 0.0904. The van der Waals surface area contributed by atoms with Crippen molar-refractivity contribution in [2.75, 3.05) is 37.5 Å².